The fraction of sp³-hybridized carbons (Fsp3) is 0.438. The van der Waals surface area contributed by atoms with E-state index < -0.39 is 0 Å². The monoisotopic (exact) mass is 334 g/mol. The molecule has 6 nitrogen and oxygen atoms in total. The standard InChI is InChI=1S/C16H22N4O2S/c1-10(2)14-18-19-16(20(14)17)23-9-12-5-7-13(8-6-12)15(21)22-11(3)4/h5-8,10-11H,9,17H2,1-4H3. The highest BCUT2D eigenvalue weighted by Crippen LogP contribution is 2.22. The molecule has 1 heterocycles. The van der Waals surface area contributed by atoms with E-state index >= 15 is 0 Å². The largest absolute Gasteiger partial charge is 0.459 e. The molecule has 0 aliphatic heterocycles. The van der Waals surface area contributed by atoms with E-state index in [1.807, 2.05) is 39.8 Å². The number of ether oxygens (including phenoxy) is 1. The second kappa shape index (κ2) is 7.50. The lowest BCUT2D eigenvalue weighted by Crippen LogP contribution is -2.14. The third kappa shape index (κ3) is 4.48. The van der Waals surface area contributed by atoms with E-state index in [0.717, 1.165) is 11.4 Å². The van der Waals surface area contributed by atoms with Gasteiger partial charge in [-0.05, 0) is 31.5 Å². The molecule has 0 spiro atoms. The van der Waals surface area contributed by atoms with Gasteiger partial charge in [0.1, 0.15) is 0 Å². The van der Waals surface area contributed by atoms with Gasteiger partial charge in [-0.2, -0.15) is 0 Å². The predicted molar refractivity (Wildman–Crippen MR) is 90.8 cm³/mol. The van der Waals surface area contributed by atoms with E-state index in [9.17, 15) is 4.79 Å². The average molecular weight is 334 g/mol. The van der Waals surface area contributed by atoms with Crippen molar-refractivity contribution in [2.75, 3.05) is 5.84 Å². The smallest absolute Gasteiger partial charge is 0.338 e. The first-order valence-electron chi connectivity index (χ1n) is 7.51. The molecule has 2 aromatic rings. The van der Waals surface area contributed by atoms with Crippen LogP contribution in [0.1, 0.15) is 55.4 Å². The molecule has 1 aromatic heterocycles. The van der Waals surface area contributed by atoms with E-state index in [1.165, 1.54) is 16.4 Å². The maximum atomic E-state index is 11.8. The van der Waals surface area contributed by atoms with Crippen LogP contribution in [0.2, 0.25) is 0 Å². The second-order valence-electron chi connectivity index (χ2n) is 5.81. The number of carbonyl (C=O) groups is 1. The number of hydrogen-bond donors (Lipinski definition) is 1. The first-order chi connectivity index (χ1) is 10.9. The molecule has 7 heteroatoms. The van der Waals surface area contributed by atoms with Gasteiger partial charge < -0.3 is 10.6 Å². The number of thioether (sulfide) groups is 1. The number of nitrogens with zero attached hydrogens (tertiary/aromatic N) is 3. The van der Waals surface area contributed by atoms with Gasteiger partial charge in [-0.15, -0.1) is 10.2 Å². The van der Waals surface area contributed by atoms with Crippen molar-refractivity contribution in [2.45, 2.75) is 50.6 Å². The molecule has 0 bridgehead atoms. The van der Waals surface area contributed by atoms with Crippen LogP contribution in [0.3, 0.4) is 0 Å². The summed E-state index contributed by atoms with van der Waals surface area (Å²) in [5, 5.41) is 8.88. The Kier molecular flexibility index (Phi) is 5.65. The molecular formula is C16H22N4O2S. The number of nitrogen functional groups attached to an aromatic ring is 1. The Hall–Kier alpha value is -2.02. The van der Waals surface area contributed by atoms with Crippen LogP contribution in [-0.2, 0) is 10.5 Å². The summed E-state index contributed by atoms with van der Waals surface area (Å²) in [6, 6.07) is 7.36. The lowest BCUT2D eigenvalue weighted by Gasteiger charge is -2.08. The summed E-state index contributed by atoms with van der Waals surface area (Å²) in [6.07, 6.45) is -0.121. The lowest BCUT2D eigenvalue weighted by molar-refractivity contribution is 0.0378. The van der Waals surface area contributed by atoms with Gasteiger partial charge in [0.15, 0.2) is 5.82 Å². The van der Waals surface area contributed by atoms with Gasteiger partial charge in [-0.1, -0.05) is 37.7 Å². The van der Waals surface area contributed by atoms with Gasteiger partial charge in [-0.3, -0.25) is 0 Å². The summed E-state index contributed by atoms with van der Waals surface area (Å²) in [6.45, 7) is 7.71. The SMILES string of the molecule is CC(C)OC(=O)c1ccc(CSc2nnc(C(C)C)n2N)cc1. The zero-order valence-electron chi connectivity index (χ0n) is 13.8. The summed E-state index contributed by atoms with van der Waals surface area (Å²) < 4.78 is 6.70. The minimum Gasteiger partial charge on any atom is -0.459 e. The zero-order valence-corrected chi connectivity index (χ0v) is 14.6. The fourth-order valence-electron chi connectivity index (χ4n) is 1.95. The zero-order chi connectivity index (χ0) is 17.0. The van der Waals surface area contributed by atoms with E-state index in [1.54, 1.807) is 12.1 Å². The fourth-order valence-corrected chi connectivity index (χ4v) is 2.77. The van der Waals surface area contributed by atoms with Crippen LogP contribution < -0.4 is 5.84 Å². The maximum Gasteiger partial charge on any atom is 0.338 e. The molecule has 0 radical (unpaired) electrons. The maximum absolute atomic E-state index is 11.8. The van der Waals surface area contributed by atoms with E-state index in [4.69, 9.17) is 10.6 Å². The Labute approximate surface area is 140 Å². The molecule has 0 saturated heterocycles. The van der Waals surface area contributed by atoms with Crippen LogP contribution in [0.5, 0.6) is 0 Å². The van der Waals surface area contributed by atoms with Crippen LogP contribution in [0.15, 0.2) is 29.4 Å². The summed E-state index contributed by atoms with van der Waals surface area (Å²) in [5.74, 6) is 7.38. The summed E-state index contributed by atoms with van der Waals surface area (Å²) in [7, 11) is 0. The van der Waals surface area contributed by atoms with Crippen molar-refractivity contribution in [2.24, 2.45) is 0 Å². The number of nitrogens with two attached hydrogens (primary N) is 1. The molecule has 0 saturated carbocycles. The highest BCUT2D eigenvalue weighted by Gasteiger charge is 2.13. The molecule has 0 amide bonds. The molecule has 0 aliphatic rings. The highest BCUT2D eigenvalue weighted by atomic mass is 32.2. The van der Waals surface area contributed by atoms with Crippen molar-refractivity contribution in [3.8, 4) is 0 Å². The van der Waals surface area contributed by atoms with Gasteiger partial charge in [0.05, 0.1) is 11.7 Å². The van der Waals surface area contributed by atoms with Crippen LogP contribution in [0, 0.1) is 0 Å². The average Bonchev–Trinajstić information content (AvgIpc) is 2.86. The number of aromatic nitrogens is 3. The first-order valence-corrected chi connectivity index (χ1v) is 8.50. The molecule has 0 unspecified atom stereocenters. The van der Waals surface area contributed by atoms with E-state index in [2.05, 4.69) is 10.2 Å². The number of rotatable bonds is 6. The van der Waals surface area contributed by atoms with Crippen molar-refractivity contribution in [3.05, 3.63) is 41.2 Å². The van der Waals surface area contributed by atoms with E-state index in [-0.39, 0.29) is 18.0 Å². The Morgan fingerprint density at radius 2 is 1.87 bits per heavy atom. The first kappa shape index (κ1) is 17.3. The van der Waals surface area contributed by atoms with Gasteiger partial charge in [-0.25, -0.2) is 9.47 Å². The molecule has 0 atom stereocenters. The molecule has 2 N–H and O–H groups in total. The molecule has 0 fully saturated rings. The van der Waals surface area contributed by atoms with Crippen molar-refractivity contribution < 1.29 is 9.53 Å². The third-order valence-corrected chi connectivity index (χ3v) is 4.12. The summed E-state index contributed by atoms with van der Waals surface area (Å²) in [4.78, 5) is 11.8. The van der Waals surface area contributed by atoms with Crippen molar-refractivity contribution in [1.29, 1.82) is 0 Å². The minimum atomic E-state index is -0.303. The Balaban J connectivity index is 1.98. The Morgan fingerprint density at radius 3 is 2.39 bits per heavy atom. The Morgan fingerprint density at radius 1 is 1.22 bits per heavy atom. The number of hydrogen-bond acceptors (Lipinski definition) is 6. The molecule has 23 heavy (non-hydrogen) atoms. The van der Waals surface area contributed by atoms with Crippen LogP contribution in [-0.4, -0.2) is 26.9 Å². The van der Waals surface area contributed by atoms with Gasteiger partial charge >= 0.3 is 5.97 Å². The van der Waals surface area contributed by atoms with Crippen LogP contribution in [0.25, 0.3) is 0 Å². The van der Waals surface area contributed by atoms with Gasteiger partial charge in [0.25, 0.3) is 0 Å². The van der Waals surface area contributed by atoms with Crippen LogP contribution >= 0.6 is 11.8 Å². The van der Waals surface area contributed by atoms with E-state index in [0.29, 0.717) is 16.5 Å². The third-order valence-electron chi connectivity index (χ3n) is 3.11. The number of benzene rings is 1. The lowest BCUT2D eigenvalue weighted by atomic mass is 10.1. The summed E-state index contributed by atoms with van der Waals surface area (Å²) >= 11 is 1.51. The van der Waals surface area contributed by atoms with Crippen molar-refractivity contribution in [1.82, 2.24) is 14.9 Å². The Bertz CT molecular complexity index is 665. The number of esters is 1. The topological polar surface area (TPSA) is 83.0 Å². The van der Waals surface area contributed by atoms with Crippen molar-refractivity contribution >= 4 is 17.7 Å². The quantitative estimate of drug-likeness (QED) is 0.497. The normalized spacial score (nSPS) is 11.2. The van der Waals surface area contributed by atoms with Gasteiger partial charge in [0, 0.05) is 11.7 Å². The molecule has 124 valence electrons. The molecule has 2 rings (SSSR count). The highest BCUT2D eigenvalue weighted by molar-refractivity contribution is 7.98. The number of carbonyl (C=O) groups excluding carboxylic acids is 1. The van der Waals surface area contributed by atoms with Crippen molar-refractivity contribution in [3.63, 3.8) is 0 Å². The predicted octanol–water partition coefficient (Wildman–Crippen LogP) is 2.97. The minimum absolute atomic E-state index is 0.121. The van der Waals surface area contributed by atoms with Crippen LogP contribution in [0.4, 0.5) is 0 Å². The molecule has 0 aliphatic carbocycles. The van der Waals surface area contributed by atoms with Gasteiger partial charge in [0.2, 0.25) is 5.16 Å². The summed E-state index contributed by atoms with van der Waals surface area (Å²) in [5.41, 5.74) is 1.63. The molecular weight excluding hydrogens is 312 g/mol. The molecule has 1 aromatic carbocycles. The second-order valence-corrected chi connectivity index (χ2v) is 6.75.